The average Bonchev–Trinajstić information content (AvgIpc) is 2.40. The average molecular weight is 285 g/mol. The van der Waals surface area contributed by atoms with Crippen LogP contribution in [0.25, 0.3) is 0 Å². The molecule has 0 fully saturated rings. The van der Waals surface area contributed by atoms with Gasteiger partial charge < -0.3 is 10.2 Å². The summed E-state index contributed by atoms with van der Waals surface area (Å²) in [5, 5.41) is 2.58. The minimum absolute atomic E-state index is 0.309. The Balaban J connectivity index is 2.32. The van der Waals surface area contributed by atoms with Gasteiger partial charge in [-0.15, -0.1) is 0 Å². The highest BCUT2D eigenvalue weighted by molar-refractivity contribution is 5.94. The number of carbonyl (C=O) groups excluding carboxylic acids is 1. The Morgan fingerprint density at radius 1 is 1.40 bits per heavy atom. The van der Waals surface area contributed by atoms with Crippen LogP contribution in [0.5, 0.6) is 0 Å². The van der Waals surface area contributed by atoms with E-state index in [2.05, 4.69) is 29.0 Å². The third-order valence-corrected chi connectivity index (χ3v) is 3.20. The van der Waals surface area contributed by atoms with Crippen molar-refractivity contribution >= 4 is 5.91 Å². The van der Waals surface area contributed by atoms with Gasteiger partial charge in [-0.05, 0) is 46.3 Å². The smallest absolute Gasteiger partial charge is 0.254 e. The number of aromatic nitrogens is 1. The molecule has 0 unspecified atom stereocenters. The maximum Gasteiger partial charge on any atom is 0.254 e. The predicted molar refractivity (Wildman–Crippen MR) is 73.5 cm³/mol. The monoisotopic (exact) mass is 285 g/mol. The molecule has 0 spiro atoms. The molecule has 1 rings (SSSR count). The minimum Gasteiger partial charge on any atom is -0.352 e. The Morgan fingerprint density at radius 3 is 2.75 bits per heavy atom. The predicted octanol–water partition coefficient (Wildman–Crippen LogP) is 2.21. The molecule has 20 heavy (non-hydrogen) atoms. The lowest BCUT2D eigenvalue weighted by atomic mass is 10.2. The van der Waals surface area contributed by atoms with E-state index in [1.807, 2.05) is 7.05 Å². The first-order valence-electron chi connectivity index (χ1n) is 6.72. The first-order valence-corrected chi connectivity index (χ1v) is 6.72. The molecule has 0 aromatic carbocycles. The first kappa shape index (κ1) is 16.5. The summed E-state index contributed by atoms with van der Waals surface area (Å²) in [6.07, 6.45) is 2.80. The van der Waals surface area contributed by atoms with Gasteiger partial charge in [0.25, 0.3) is 5.91 Å². The summed E-state index contributed by atoms with van der Waals surface area (Å²) < 4.78 is 26.2. The van der Waals surface area contributed by atoms with Crippen molar-refractivity contribution in [3.63, 3.8) is 0 Å². The van der Waals surface area contributed by atoms with Crippen LogP contribution in [-0.2, 0) is 0 Å². The number of nitrogens with one attached hydrogen (secondary N) is 1. The van der Waals surface area contributed by atoms with Crippen LogP contribution in [-0.4, -0.2) is 42.0 Å². The molecular weight excluding hydrogens is 264 g/mol. The van der Waals surface area contributed by atoms with Gasteiger partial charge >= 0.3 is 0 Å². The highest BCUT2D eigenvalue weighted by atomic mass is 19.2. The van der Waals surface area contributed by atoms with Crippen molar-refractivity contribution in [1.82, 2.24) is 15.2 Å². The maximum absolute atomic E-state index is 13.3. The van der Waals surface area contributed by atoms with E-state index in [0.29, 0.717) is 12.6 Å². The Hall–Kier alpha value is -1.56. The number of unbranched alkanes of at least 4 members (excludes halogenated alkanes) is 1. The van der Waals surface area contributed by atoms with Crippen molar-refractivity contribution in [3.05, 3.63) is 29.6 Å². The lowest BCUT2D eigenvalue weighted by molar-refractivity contribution is 0.0947. The number of halogens is 2. The zero-order valence-electron chi connectivity index (χ0n) is 12.1. The van der Waals surface area contributed by atoms with Crippen molar-refractivity contribution in [2.24, 2.45) is 0 Å². The van der Waals surface area contributed by atoms with Crippen LogP contribution in [0.4, 0.5) is 8.78 Å². The van der Waals surface area contributed by atoms with E-state index in [1.165, 1.54) is 6.07 Å². The normalized spacial score (nSPS) is 11.2. The van der Waals surface area contributed by atoms with Crippen molar-refractivity contribution in [1.29, 1.82) is 0 Å². The molecule has 1 amide bonds. The lowest BCUT2D eigenvalue weighted by Crippen LogP contribution is -2.29. The summed E-state index contributed by atoms with van der Waals surface area (Å²) in [5.41, 5.74) is -0.309. The highest BCUT2D eigenvalue weighted by Crippen LogP contribution is 2.08. The molecule has 0 bridgehead atoms. The van der Waals surface area contributed by atoms with Gasteiger partial charge in [0, 0.05) is 18.8 Å². The fourth-order valence-corrected chi connectivity index (χ4v) is 1.64. The Kier molecular flexibility index (Phi) is 6.51. The van der Waals surface area contributed by atoms with Gasteiger partial charge in [0.1, 0.15) is 0 Å². The minimum atomic E-state index is -1.25. The largest absolute Gasteiger partial charge is 0.352 e. The van der Waals surface area contributed by atoms with Gasteiger partial charge in [-0.25, -0.2) is 9.37 Å². The molecule has 1 heterocycles. The molecule has 0 aliphatic rings. The van der Waals surface area contributed by atoms with Crippen molar-refractivity contribution in [2.45, 2.75) is 32.7 Å². The molecule has 4 nitrogen and oxygen atoms in total. The third-order valence-electron chi connectivity index (χ3n) is 3.20. The highest BCUT2D eigenvalue weighted by Gasteiger charge is 2.15. The Morgan fingerprint density at radius 2 is 2.10 bits per heavy atom. The molecular formula is C14H21F2N3O. The second-order valence-electron chi connectivity index (χ2n) is 5.00. The topological polar surface area (TPSA) is 45.2 Å². The number of hydrogen-bond donors (Lipinski definition) is 1. The summed E-state index contributed by atoms with van der Waals surface area (Å²) >= 11 is 0. The van der Waals surface area contributed by atoms with Crippen molar-refractivity contribution in [3.8, 4) is 0 Å². The SMILES string of the molecule is CC(C)N(C)CCCCNC(=O)c1ccnc(F)c1F. The number of rotatable bonds is 7. The molecule has 0 aliphatic heterocycles. The molecule has 1 N–H and O–H groups in total. The Labute approximate surface area is 118 Å². The zero-order valence-corrected chi connectivity index (χ0v) is 12.1. The molecule has 6 heteroatoms. The second kappa shape index (κ2) is 7.89. The van der Waals surface area contributed by atoms with E-state index in [4.69, 9.17) is 0 Å². The van der Waals surface area contributed by atoms with E-state index in [9.17, 15) is 13.6 Å². The number of nitrogens with zero attached hydrogens (tertiary/aromatic N) is 2. The quantitative estimate of drug-likeness (QED) is 0.617. The van der Waals surface area contributed by atoms with Crippen LogP contribution >= 0.6 is 0 Å². The van der Waals surface area contributed by atoms with E-state index < -0.39 is 17.7 Å². The second-order valence-corrected chi connectivity index (χ2v) is 5.00. The van der Waals surface area contributed by atoms with Gasteiger partial charge in [0.05, 0.1) is 5.56 Å². The summed E-state index contributed by atoms with van der Waals surface area (Å²) in [6.45, 7) is 5.60. The standard InChI is InChI=1S/C14H21F2N3O/c1-10(2)19(3)9-5-4-7-18-14(20)11-6-8-17-13(16)12(11)15/h6,8,10H,4-5,7,9H2,1-3H3,(H,18,20). The van der Waals surface area contributed by atoms with Crippen LogP contribution in [0.15, 0.2) is 12.3 Å². The number of hydrogen-bond acceptors (Lipinski definition) is 3. The van der Waals surface area contributed by atoms with Gasteiger partial charge in [-0.2, -0.15) is 4.39 Å². The third kappa shape index (κ3) is 4.85. The number of amides is 1. The molecule has 112 valence electrons. The van der Waals surface area contributed by atoms with Gasteiger partial charge in [0.2, 0.25) is 5.95 Å². The summed E-state index contributed by atoms with van der Waals surface area (Å²) in [6, 6.07) is 1.65. The summed E-state index contributed by atoms with van der Waals surface area (Å²) in [4.78, 5) is 17.0. The number of carbonyl (C=O) groups is 1. The zero-order chi connectivity index (χ0) is 15.1. The fourth-order valence-electron chi connectivity index (χ4n) is 1.64. The molecule has 1 aromatic heterocycles. The molecule has 0 radical (unpaired) electrons. The molecule has 0 saturated carbocycles. The van der Waals surface area contributed by atoms with Crippen molar-refractivity contribution in [2.75, 3.05) is 20.1 Å². The van der Waals surface area contributed by atoms with Gasteiger partial charge in [-0.1, -0.05) is 0 Å². The van der Waals surface area contributed by atoms with Crippen LogP contribution < -0.4 is 5.32 Å². The molecule has 0 atom stereocenters. The van der Waals surface area contributed by atoms with E-state index in [1.54, 1.807) is 0 Å². The molecule has 0 aliphatic carbocycles. The van der Waals surface area contributed by atoms with E-state index in [0.717, 1.165) is 25.6 Å². The lowest BCUT2D eigenvalue weighted by Gasteiger charge is -2.20. The fraction of sp³-hybridized carbons (Fsp3) is 0.571. The van der Waals surface area contributed by atoms with E-state index >= 15 is 0 Å². The summed E-state index contributed by atoms with van der Waals surface area (Å²) in [5.74, 6) is -3.07. The van der Waals surface area contributed by atoms with E-state index in [-0.39, 0.29) is 5.56 Å². The van der Waals surface area contributed by atoms with Gasteiger partial charge in [-0.3, -0.25) is 4.79 Å². The van der Waals surface area contributed by atoms with Crippen LogP contribution in [0.2, 0.25) is 0 Å². The maximum atomic E-state index is 13.3. The molecule has 1 aromatic rings. The number of pyridine rings is 1. The van der Waals surface area contributed by atoms with Gasteiger partial charge in [0.15, 0.2) is 5.82 Å². The van der Waals surface area contributed by atoms with Crippen molar-refractivity contribution < 1.29 is 13.6 Å². The van der Waals surface area contributed by atoms with Crippen LogP contribution in [0.3, 0.4) is 0 Å². The molecule has 0 saturated heterocycles. The Bertz CT molecular complexity index is 452. The summed E-state index contributed by atoms with van der Waals surface area (Å²) in [7, 11) is 2.04. The van der Waals surface area contributed by atoms with Crippen LogP contribution in [0, 0.1) is 11.8 Å². The first-order chi connectivity index (χ1) is 9.43. The van der Waals surface area contributed by atoms with Crippen LogP contribution in [0.1, 0.15) is 37.0 Å².